The molecule has 0 radical (unpaired) electrons. The van der Waals surface area contributed by atoms with Crippen LogP contribution in [0.1, 0.15) is 5.56 Å². The first-order valence-corrected chi connectivity index (χ1v) is 7.99. The van der Waals surface area contributed by atoms with Crippen LogP contribution in [0.2, 0.25) is 0 Å². The van der Waals surface area contributed by atoms with Crippen molar-refractivity contribution < 1.29 is 22.9 Å². The Morgan fingerprint density at radius 3 is 2.52 bits per heavy atom. The molecule has 0 amide bonds. The first-order chi connectivity index (χ1) is 10.9. The van der Waals surface area contributed by atoms with Gasteiger partial charge in [0.25, 0.3) is 5.52 Å². The van der Waals surface area contributed by atoms with Gasteiger partial charge in [-0.2, -0.15) is 0 Å². The van der Waals surface area contributed by atoms with Crippen LogP contribution in [0, 0.1) is 15.3 Å². The molecule has 0 spiro atoms. The predicted octanol–water partition coefficient (Wildman–Crippen LogP) is 1.34. The monoisotopic (exact) mass is 335 g/mol. The van der Waals surface area contributed by atoms with Crippen molar-refractivity contribution in [3.63, 3.8) is 0 Å². The molecule has 0 bridgehead atoms. The van der Waals surface area contributed by atoms with E-state index >= 15 is 0 Å². The highest BCUT2D eigenvalue weighted by Gasteiger charge is 2.31. The van der Waals surface area contributed by atoms with Gasteiger partial charge in [0.2, 0.25) is 0 Å². The van der Waals surface area contributed by atoms with Crippen LogP contribution in [0.15, 0.2) is 52.0 Å². The van der Waals surface area contributed by atoms with Gasteiger partial charge < -0.3 is 5.21 Å². The van der Waals surface area contributed by atoms with Gasteiger partial charge in [0, 0.05) is 6.07 Å². The molecular weight excluding hydrogens is 326 g/mol. The lowest BCUT2D eigenvalue weighted by molar-refractivity contribution is -0.783. The highest BCUT2D eigenvalue weighted by Crippen LogP contribution is 2.29. The molecule has 0 saturated heterocycles. The summed E-state index contributed by atoms with van der Waals surface area (Å²) in [5.41, 5.74) is -0.862. The Morgan fingerprint density at radius 1 is 1.17 bits per heavy atom. The van der Waals surface area contributed by atoms with Gasteiger partial charge in [-0.25, -0.2) is 8.42 Å². The second-order valence-corrected chi connectivity index (χ2v) is 6.67. The van der Waals surface area contributed by atoms with Crippen LogP contribution >= 0.6 is 0 Å². The molecule has 0 aliphatic carbocycles. The first-order valence-electron chi connectivity index (χ1n) is 6.33. The van der Waals surface area contributed by atoms with E-state index in [1.807, 2.05) is 0 Å². The summed E-state index contributed by atoms with van der Waals surface area (Å²) >= 11 is 0. The summed E-state index contributed by atoms with van der Waals surface area (Å²) in [5, 5.41) is 25.9. The third-order valence-corrected chi connectivity index (χ3v) is 4.93. The molecule has 0 aliphatic rings. The maximum absolute atomic E-state index is 12.6. The van der Waals surface area contributed by atoms with E-state index in [1.165, 1.54) is 0 Å². The maximum Gasteiger partial charge on any atom is 0.327 e. The third-order valence-electron chi connectivity index (χ3n) is 3.21. The van der Waals surface area contributed by atoms with Gasteiger partial charge in [-0.1, -0.05) is 30.3 Å². The van der Waals surface area contributed by atoms with Crippen molar-refractivity contribution in [3.05, 3.63) is 63.3 Å². The van der Waals surface area contributed by atoms with Crippen LogP contribution in [-0.2, 0) is 15.6 Å². The van der Waals surface area contributed by atoms with Crippen LogP contribution < -0.4 is 4.90 Å². The summed E-state index contributed by atoms with van der Waals surface area (Å²) in [6, 6.07) is 10.4. The number of sulfone groups is 1. The van der Waals surface area contributed by atoms with Crippen LogP contribution in [0.5, 0.6) is 0 Å². The van der Waals surface area contributed by atoms with E-state index in [4.69, 9.17) is 0 Å². The van der Waals surface area contributed by atoms with Gasteiger partial charge in [-0.15, -0.1) is 0 Å². The highest BCUT2D eigenvalue weighted by atomic mass is 32.2. The van der Waals surface area contributed by atoms with Crippen molar-refractivity contribution in [2.75, 3.05) is 0 Å². The van der Waals surface area contributed by atoms with E-state index < -0.39 is 31.5 Å². The zero-order chi connectivity index (χ0) is 16.6. The van der Waals surface area contributed by atoms with Gasteiger partial charge in [-0.3, -0.25) is 14.7 Å². The number of nitrogens with zero attached hydrogens (tertiary/aromatic N) is 3. The van der Waals surface area contributed by atoms with Gasteiger partial charge in [0.05, 0.1) is 15.8 Å². The number of fused-ring (bicyclic) bond motifs is 1. The fourth-order valence-corrected chi connectivity index (χ4v) is 3.73. The quantitative estimate of drug-likeness (QED) is 0.399. The minimum Gasteiger partial charge on any atom is -0.359 e. The molecule has 2 aromatic carbocycles. The number of non-ortho nitro benzene ring substituents is 1. The Hall–Kier alpha value is -3.01. The fourth-order valence-electron chi connectivity index (χ4n) is 2.21. The topological polar surface area (TPSA) is 130 Å². The number of hydrogen-bond acceptors (Lipinski definition) is 7. The molecule has 10 heteroatoms. The highest BCUT2D eigenvalue weighted by molar-refractivity contribution is 7.90. The SMILES string of the molecule is O=[N+]([O-])c1ccc(S(=O)(=O)Cc2ccccc2)c2c1no[n+]2[O-]. The number of aromatic nitrogens is 2. The van der Waals surface area contributed by atoms with Crippen LogP contribution in [0.3, 0.4) is 0 Å². The normalized spacial score (nSPS) is 11.7. The smallest absolute Gasteiger partial charge is 0.327 e. The molecular formula is C13H9N3O6S. The lowest BCUT2D eigenvalue weighted by Crippen LogP contribution is -2.25. The molecule has 1 aromatic heterocycles. The van der Waals surface area contributed by atoms with Crippen molar-refractivity contribution in [1.29, 1.82) is 0 Å². The van der Waals surface area contributed by atoms with Crippen LogP contribution in [-0.4, -0.2) is 18.5 Å². The third kappa shape index (κ3) is 2.59. The zero-order valence-corrected chi connectivity index (χ0v) is 12.3. The molecule has 3 rings (SSSR count). The number of rotatable bonds is 4. The summed E-state index contributed by atoms with van der Waals surface area (Å²) in [6.07, 6.45) is 0. The number of benzene rings is 2. The minimum atomic E-state index is -3.92. The van der Waals surface area contributed by atoms with Crippen LogP contribution in [0.25, 0.3) is 11.0 Å². The van der Waals surface area contributed by atoms with Gasteiger partial charge >= 0.3 is 11.2 Å². The van der Waals surface area contributed by atoms with Crippen molar-refractivity contribution in [1.82, 2.24) is 5.16 Å². The van der Waals surface area contributed by atoms with Crippen molar-refractivity contribution in [3.8, 4) is 0 Å². The van der Waals surface area contributed by atoms with E-state index in [1.54, 1.807) is 30.3 Å². The Morgan fingerprint density at radius 2 is 1.87 bits per heavy atom. The van der Waals surface area contributed by atoms with E-state index in [0.29, 0.717) is 5.56 Å². The molecule has 118 valence electrons. The molecule has 0 unspecified atom stereocenters. The van der Waals surface area contributed by atoms with E-state index in [9.17, 15) is 23.7 Å². The van der Waals surface area contributed by atoms with Crippen molar-refractivity contribution in [2.45, 2.75) is 10.6 Å². The van der Waals surface area contributed by atoms with Crippen LogP contribution in [0.4, 0.5) is 5.69 Å². The Balaban J connectivity index is 2.18. The van der Waals surface area contributed by atoms with Crippen molar-refractivity contribution in [2.24, 2.45) is 0 Å². The van der Waals surface area contributed by atoms with E-state index in [-0.39, 0.29) is 15.6 Å². The van der Waals surface area contributed by atoms with Gasteiger partial charge in [0.1, 0.15) is 4.90 Å². The van der Waals surface area contributed by atoms with E-state index in [2.05, 4.69) is 9.79 Å². The van der Waals surface area contributed by atoms with E-state index in [0.717, 1.165) is 12.1 Å². The summed E-state index contributed by atoms with van der Waals surface area (Å²) in [7, 11) is -3.92. The molecule has 0 N–H and O–H groups in total. The average molecular weight is 335 g/mol. The molecule has 0 aliphatic heterocycles. The number of nitro benzene ring substituents is 1. The summed E-state index contributed by atoms with van der Waals surface area (Å²) in [5.74, 6) is -0.355. The van der Waals surface area contributed by atoms with Crippen molar-refractivity contribution >= 4 is 26.6 Å². The summed E-state index contributed by atoms with van der Waals surface area (Å²) in [6.45, 7) is 0. The first kappa shape index (κ1) is 14.9. The maximum atomic E-state index is 12.6. The predicted molar refractivity (Wildman–Crippen MR) is 77.0 cm³/mol. The Bertz CT molecular complexity index is 997. The number of hydrogen-bond donors (Lipinski definition) is 0. The lowest BCUT2D eigenvalue weighted by Gasteiger charge is -2.04. The molecule has 9 nitrogen and oxygen atoms in total. The minimum absolute atomic E-state index is 0.139. The zero-order valence-electron chi connectivity index (χ0n) is 11.4. The number of nitro groups is 1. The Kier molecular flexibility index (Phi) is 3.45. The molecule has 1 heterocycles. The average Bonchev–Trinajstić information content (AvgIpc) is 2.89. The standard InChI is InChI=1S/C13H9N3O6S/c17-15(18)10-6-7-11(13-12(10)14-22-16(13)19)23(20,21)8-9-4-2-1-3-5-9/h1-7H,8H2. The fraction of sp³-hybridized carbons (Fsp3) is 0.0769. The van der Waals surface area contributed by atoms with Gasteiger partial charge in [-0.05, 0) is 16.5 Å². The van der Waals surface area contributed by atoms with Gasteiger partial charge in [0.15, 0.2) is 9.84 Å². The largest absolute Gasteiger partial charge is 0.359 e. The molecule has 3 aromatic rings. The molecule has 23 heavy (non-hydrogen) atoms. The second-order valence-electron chi connectivity index (χ2n) is 4.71. The molecule has 0 saturated carbocycles. The summed E-state index contributed by atoms with van der Waals surface area (Å²) < 4.78 is 29.4. The molecule has 0 atom stereocenters. The Labute approximate surface area is 129 Å². The second kappa shape index (κ2) is 5.32. The lowest BCUT2D eigenvalue weighted by atomic mass is 10.2. The summed E-state index contributed by atoms with van der Waals surface area (Å²) in [4.78, 5) is 9.67. The molecule has 0 fully saturated rings.